The minimum absolute atomic E-state index is 0.0216. The lowest BCUT2D eigenvalue weighted by Crippen LogP contribution is -2.46. The Balaban J connectivity index is 2.50. The minimum atomic E-state index is -0.130. The average Bonchev–Trinajstić information content (AvgIpc) is 2.16. The van der Waals surface area contributed by atoms with Gasteiger partial charge in [-0.1, -0.05) is 26.7 Å². The molecule has 1 rings (SSSR count). The molecule has 0 radical (unpaired) electrons. The van der Waals surface area contributed by atoms with E-state index < -0.39 is 0 Å². The van der Waals surface area contributed by atoms with Gasteiger partial charge in [-0.15, -0.1) is 0 Å². The van der Waals surface area contributed by atoms with Crippen LogP contribution in [0.2, 0.25) is 0 Å². The van der Waals surface area contributed by atoms with Gasteiger partial charge in [0.25, 0.3) is 0 Å². The van der Waals surface area contributed by atoms with E-state index in [-0.39, 0.29) is 11.6 Å². The van der Waals surface area contributed by atoms with Crippen LogP contribution in [0, 0.1) is 5.92 Å². The number of aliphatic hydroxyl groups excluding tert-OH is 1. The van der Waals surface area contributed by atoms with Crippen LogP contribution >= 0.6 is 0 Å². The van der Waals surface area contributed by atoms with Crippen LogP contribution in [-0.2, 0) is 0 Å². The number of nitrogens with two attached hydrogens (primary N) is 1. The number of hydrogen-bond acceptors (Lipinski definition) is 2. The van der Waals surface area contributed by atoms with Crippen molar-refractivity contribution >= 4 is 0 Å². The van der Waals surface area contributed by atoms with Crippen molar-refractivity contribution in [3.05, 3.63) is 0 Å². The molecule has 0 heterocycles. The van der Waals surface area contributed by atoms with Gasteiger partial charge < -0.3 is 10.8 Å². The van der Waals surface area contributed by atoms with Crippen molar-refractivity contribution in [2.75, 3.05) is 0 Å². The first-order valence-electron chi connectivity index (χ1n) is 6.08. The van der Waals surface area contributed by atoms with E-state index in [1.165, 1.54) is 6.42 Å². The molecule has 0 saturated heterocycles. The molecule has 14 heavy (non-hydrogen) atoms. The zero-order valence-corrected chi connectivity index (χ0v) is 9.63. The van der Waals surface area contributed by atoms with Crippen molar-refractivity contribution in [1.29, 1.82) is 0 Å². The summed E-state index contributed by atoms with van der Waals surface area (Å²) >= 11 is 0. The van der Waals surface area contributed by atoms with Gasteiger partial charge in [-0.05, 0) is 38.0 Å². The molecule has 0 aromatic heterocycles. The van der Waals surface area contributed by atoms with Gasteiger partial charge in [0.2, 0.25) is 0 Å². The first kappa shape index (κ1) is 12.0. The molecule has 3 atom stereocenters. The Bertz CT molecular complexity index is 168. The molecule has 2 heteroatoms. The Morgan fingerprint density at radius 3 is 2.79 bits per heavy atom. The fraction of sp³-hybridized carbons (Fsp3) is 1.00. The molecule has 1 aliphatic carbocycles. The van der Waals surface area contributed by atoms with E-state index in [1.54, 1.807) is 0 Å². The molecule has 0 bridgehead atoms. The first-order chi connectivity index (χ1) is 6.61. The van der Waals surface area contributed by atoms with Crippen molar-refractivity contribution in [3.63, 3.8) is 0 Å². The Morgan fingerprint density at radius 1 is 1.50 bits per heavy atom. The monoisotopic (exact) mass is 199 g/mol. The maximum absolute atomic E-state index is 9.83. The zero-order chi connectivity index (χ0) is 10.6. The maximum atomic E-state index is 9.83. The van der Waals surface area contributed by atoms with E-state index in [1.807, 2.05) is 0 Å². The van der Waals surface area contributed by atoms with Crippen LogP contribution in [0.1, 0.15) is 58.8 Å². The molecular weight excluding hydrogens is 174 g/mol. The summed E-state index contributed by atoms with van der Waals surface area (Å²) in [5.41, 5.74) is 6.36. The van der Waals surface area contributed by atoms with Gasteiger partial charge in [0.1, 0.15) is 0 Å². The molecule has 0 amide bonds. The minimum Gasteiger partial charge on any atom is -0.393 e. The van der Waals surface area contributed by atoms with Crippen LogP contribution in [-0.4, -0.2) is 16.7 Å². The Kier molecular flexibility index (Phi) is 4.39. The van der Waals surface area contributed by atoms with E-state index in [0.29, 0.717) is 5.92 Å². The summed E-state index contributed by atoms with van der Waals surface area (Å²) in [5.74, 6) is 0.449. The van der Waals surface area contributed by atoms with Gasteiger partial charge >= 0.3 is 0 Å². The lowest BCUT2D eigenvalue weighted by Gasteiger charge is -2.39. The standard InChI is InChI=1S/C12H25NO/c1-3-7-12(13)8-5-6-10(9-12)11(14)4-2/h10-11,14H,3-9,13H2,1-2H3. The maximum Gasteiger partial charge on any atom is 0.0566 e. The summed E-state index contributed by atoms with van der Waals surface area (Å²) in [6.45, 7) is 4.24. The zero-order valence-electron chi connectivity index (χ0n) is 9.63. The molecule has 0 aliphatic heterocycles. The predicted octanol–water partition coefficient (Wildman–Crippen LogP) is 2.45. The van der Waals surface area contributed by atoms with E-state index in [4.69, 9.17) is 5.73 Å². The number of rotatable bonds is 4. The predicted molar refractivity (Wildman–Crippen MR) is 60.1 cm³/mol. The summed E-state index contributed by atoms with van der Waals surface area (Å²) in [7, 11) is 0. The van der Waals surface area contributed by atoms with E-state index in [9.17, 15) is 5.11 Å². The molecule has 1 aliphatic rings. The normalized spacial score (nSPS) is 35.6. The molecule has 2 nitrogen and oxygen atoms in total. The highest BCUT2D eigenvalue weighted by Gasteiger charge is 2.34. The van der Waals surface area contributed by atoms with Crippen LogP contribution in [0.3, 0.4) is 0 Å². The lowest BCUT2D eigenvalue weighted by molar-refractivity contribution is 0.0559. The van der Waals surface area contributed by atoms with E-state index in [2.05, 4.69) is 13.8 Å². The second kappa shape index (κ2) is 5.13. The molecule has 0 spiro atoms. The van der Waals surface area contributed by atoms with Gasteiger partial charge in [-0.25, -0.2) is 0 Å². The summed E-state index contributed by atoms with van der Waals surface area (Å²) in [5, 5.41) is 9.83. The molecule has 0 aromatic carbocycles. The molecule has 3 N–H and O–H groups in total. The third kappa shape index (κ3) is 2.96. The molecule has 3 unspecified atom stereocenters. The Morgan fingerprint density at radius 2 is 2.21 bits per heavy atom. The summed E-state index contributed by atoms with van der Waals surface area (Å²) in [4.78, 5) is 0. The third-order valence-electron chi connectivity index (χ3n) is 3.63. The molecular formula is C12H25NO. The summed E-state index contributed by atoms with van der Waals surface area (Å²) in [6.07, 6.45) is 7.53. The van der Waals surface area contributed by atoms with E-state index >= 15 is 0 Å². The molecule has 0 aromatic rings. The lowest BCUT2D eigenvalue weighted by atomic mass is 9.72. The second-order valence-corrected chi connectivity index (χ2v) is 4.94. The van der Waals surface area contributed by atoms with Crippen LogP contribution in [0.25, 0.3) is 0 Å². The number of hydrogen-bond donors (Lipinski definition) is 2. The molecule has 84 valence electrons. The molecule has 1 fully saturated rings. The SMILES string of the molecule is CCCC1(N)CCCC(C(O)CC)C1. The van der Waals surface area contributed by atoms with Crippen molar-refractivity contribution in [1.82, 2.24) is 0 Å². The molecule has 1 saturated carbocycles. The van der Waals surface area contributed by atoms with Crippen molar-refractivity contribution in [2.24, 2.45) is 11.7 Å². The van der Waals surface area contributed by atoms with Crippen LogP contribution < -0.4 is 5.73 Å². The van der Waals surface area contributed by atoms with E-state index in [0.717, 1.165) is 38.5 Å². The summed E-state index contributed by atoms with van der Waals surface area (Å²) in [6, 6.07) is 0. The third-order valence-corrected chi connectivity index (χ3v) is 3.63. The van der Waals surface area contributed by atoms with Crippen molar-refractivity contribution in [3.8, 4) is 0 Å². The number of aliphatic hydroxyl groups is 1. The fourth-order valence-corrected chi connectivity index (χ4v) is 2.83. The van der Waals surface area contributed by atoms with Crippen LogP contribution in [0.5, 0.6) is 0 Å². The quantitative estimate of drug-likeness (QED) is 0.730. The van der Waals surface area contributed by atoms with Gasteiger partial charge in [-0.2, -0.15) is 0 Å². The van der Waals surface area contributed by atoms with Gasteiger partial charge in [0, 0.05) is 5.54 Å². The summed E-state index contributed by atoms with van der Waals surface area (Å²) < 4.78 is 0. The van der Waals surface area contributed by atoms with Gasteiger partial charge in [0.15, 0.2) is 0 Å². The van der Waals surface area contributed by atoms with Gasteiger partial charge in [0.05, 0.1) is 6.10 Å². The Labute approximate surface area is 87.9 Å². The highest BCUT2D eigenvalue weighted by molar-refractivity contribution is 4.91. The van der Waals surface area contributed by atoms with Crippen molar-refractivity contribution < 1.29 is 5.11 Å². The average molecular weight is 199 g/mol. The van der Waals surface area contributed by atoms with Crippen molar-refractivity contribution in [2.45, 2.75) is 70.4 Å². The highest BCUT2D eigenvalue weighted by Crippen LogP contribution is 2.35. The Hall–Kier alpha value is -0.0800. The van der Waals surface area contributed by atoms with Gasteiger partial charge in [-0.3, -0.25) is 0 Å². The highest BCUT2D eigenvalue weighted by atomic mass is 16.3. The smallest absolute Gasteiger partial charge is 0.0566 e. The van der Waals surface area contributed by atoms with Crippen LogP contribution in [0.15, 0.2) is 0 Å². The largest absolute Gasteiger partial charge is 0.393 e. The fourth-order valence-electron chi connectivity index (χ4n) is 2.83. The van der Waals surface area contributed by atoms with Crippen LogP contribution in [0.4, 0.5) is 0 Å². The topological polar surface area (TPSA) is 46.2 Å². The first-order valence-corrected chi connectivity index (χ1v) is 6.08. The second-order valence-electron chi connectivity index (χ2n) is 4.94.